The molecule has 0 aliphatic carbocycles. The number of amidine groups is 1. The number of anilines is 1. The summed E-state index contributed by atoms with van der Waals surface area (Å²) in [5.74, 6) is -2.91. The molecule has 35 heavy (non-hydrogen) atoms. The largest absolute Gasteiger partial charge is 0.376 e. The number of hydrogen-bond acceptors (Lipinski definition) is 6. The van der Waals surface area contributed by atoms with Gasteiger partial charge in [-0.1, -0.05) is 41.2 Å². The quantitative estimate of drug-likeness (QED) is 0.449. The zero-order valence-electron chi connectivity index (χ0n) is 19.5. The molecule has 2 saturated heterocycles. The molecule has 10 heteroatoms. The summed E-state index contributed by atoms with van der Waals surface area (Å²) in [7, 11) is 0. The summed E-state index contributed by atoms with van der Waals surface area (Å²) < 4.78 is 30.9. The number of carbonyl (C=O) groups is 2. The van der Waals surface area contributed by atoms with Crippen LogP contribution in [0.4, 0.5) is 20.2 Å². The fourth-order valence-corrected chi connectivity index (χ4v) is 5.69. The standard InChI is InChI=1S/C25H27F2N3O3S2/c1-15-5-10-20(16(2)12-15)29-22(31)13-21-23(32)30(14-18-4-3-11-33-18)25(35-21)28-17-6-8-19(9-7-17)34-24(26)27/h5-10,12,18,21,24H,3-4,11,13-14H2,1-2H3,(H,29,31)/t18-,21+/m0/s1. The zero-order chi connectivity index (χ0) is 24.9. The van der Waals surface area contributed by atoms with Gasteiger partial charge in [-0.15, -0.1) is 0 Å². The van der Waals surface area contributed by atoms with Gasteiger partial charge >= 0.3 is 0 Å². The van der Waals surface area contributed by atoms with Crippen LogP contribution in [0.15, 0.2) is 52.4 Å². The van der Waals surface area contributed by atoms with Gasteiger partial charge in [-0.2, -0.15) is 8.78 Å². The first-order chi connectivity index (χ1) is 16.8. The number of aliphatic imine (C=N–C) groups is 1. The SMILES string of the molecule is Cc1ccc(NC(=O)C[C@H]2SC(=Nc3ccc(SC(F)F)cc3)N(C[C@@H]3CCCO3)C2=O)c(C)c1. The van der Waals surface area contributed by atoms with E-state index in [1.165, 1.54) is 11.8 Å². The van der Waals surface area contributed by atoms with Crippen LogP contribution in [0, 0.1) is 13.8 Å². The van der Waals surface area contributed by atoms with Gasteiger partial charge in [0, 0.05) is 23.6 Å². The van der Waals surface area contributed by atoms with Crippen LogP contribution in [0.5, 0.6) is 0 Å². The number of alkyl halides is 2. The number of benzene rings is 2. The molecule has 0 unspecified atom stereocenters. The van der Waals surface area contributed by atoms with Gasteiger partial charge in [0.1, 0.15) is 5.25 Å². The van der Waals surface area contributed by atoms with Crippen LogP contribution < -0.4 is 5.32 Å². The van der Waals surface area contributed by atoms with E-state index < -0.39 is 11.0 Å². The molecule has 0 bridgehead atoms. The summed E-state index contributed by atoms with van der Waals surface area (Å²) >= 11 is 1.72. The third-order valence-electron chi connectivity index (χ3n) is 5.74. The molecule has 4 rings (SSSR count). The van der Waals surface area contributed by atoms with E-state index in [0.29, 0.717) is 40.7 Å². The van der Waals surface area contributed by atoms with Crippen LogP contribution in [0.25, 0.3) is 0 Å². The Hall–Kier alpha value is -2.43. The van der Waals surface area contributed by atoms with Crippen LogP contribution in [0.1, 0.15) is 30.4 Å². The highest BCUT2D eigenvalue weighted by Gasteiger charge is 2.40. The Bertz CT molecular complexity index is 1110. The Balaban J connectivity index is 1.49. The molecule has 2 amide bonds. The fraction of sp³-hybridized carbons (Fsp3) is 0.400. The second-order valence-electron chi connectivity index (χ2n) is 8.53. The van der Waals surface area contributed by atoms with E-state index in [2.05, 4.69) is 10.3 Å². The first kappa shape index (κ1) is 25.7. The number of carbonyl (C=O) groups excluding carboxylic acids is 2. The van der Waals surface area contributed by atoms with Crippen LogP contribution in [0.3, 0.4) is 0 Å². The summed E-state index contributed by atoms with van der Waals surface area (Å²) in [4.78, 5) is 32.7. The minimum Gasteiger partial charge on any atom is -0.376 e. The second kappa shape index (κ2) is 11.5. The molecule has 2 atom stereocenters. The molecule has 1 N–H and O–H groups in total. The lowest BCUT2D eigenvalue weighted by Gasteiger charge is -2.20. The van der Waals surface area contributed by atoms with Gasteiger partial charge in [-0.25, -0.2) is 4.99 Å². The second-order valence-corrected chi connectivity index (χ2v) is 10.8. The van der Waals surface area contributed by atoms with Crippen molar-refractivity contribution < 1.29 is 23.1 Å². The topological polar surface area (TPSA) is 71.0 Å². The fourth-order valence-electron chi connectivity index (χ4n) is 4.02. The van der Waals surface area contributed by atoms with Gasteiger partial charge in [-0.3, -0.25) is 14.5 Å². The van der Waals surface area contributed by atoms with Crippen molar-refractivity contribution in [2.24, 2.45) is 4.99 Å². The number of thioether (sulfide) groups is 2. The highest BCUT2D eigenvalue weighted by molar-refractivity contribution is 8.15. The van der Waals surface area contributed by atoms with E-state index in [4.69, 9.17) is 4.74 Å². The normalized spacial score (nSPS) is 21.3. The van der Waals surface area contributed by atoms with Crippen molar-refractivity contribution in [2.75, 3.05) is 18.5 Å². The summed E-state index contributed by atoms with van der Waals surface area (Å²) in [5, 5.41) is 2.80. The van der Waals surface area contributed by atoms with E-state index in [0.717, 1.165) is 29.7 Å². The van der Waals surface area contributed by atoms with Crippen molar-refractivity contribution in [1.82, 2.24) is 4.90 Å². The van der Waals surface area contributed by atoms with Gasteiger partial charge in [0.25, 0.3) is 5.76 Å². The Labute approximate surface area is 211 Å². The number of halogens is 2. The molecule has 6 nitrogen and oxygen atoms in total. The molecule has 2 aromatic rings. The number of nitrogens with one attached hydrogen (secondary N) is 1. The van der Waals surface area contributed by atoms with E-state index in [1.54, 1.807) is 29.2 Å². The monoisotopic (exact) mass is 519 g/mol. The van der Waals surface area contributed by atoms with Crippen molar-refractivity contribution in [3.8, 4) is 0 Å². The van der Waals surface area contributed by atoms with Gasteiger partial charge in [0.15, 0.2) is 5.17 Å². The molecule has 186 valence electrons. The van der Waals surface area contributed by atoms with Crippen molar-refractivity contribution >= 4 is 51.9 Å². The van der Waals surface area contributed by atoms with E-state index in [1.807, 2.05) is 32.0 Å². The molecule has 2 fully saturated rings. The highest BCUT2D eigenvalue weighted by Crippen LogP contribution is 2.34. The maximum atomic E-state index is 13.3. The van der Waals surface area contributed by atoms with Gasteiger partial charge in [0.2, 0.25) is 11.8 Å². The first-order valence-electron chi connectivity index (χ1n) is 11.4. The molecule has 2 aliphatic heterocycles. The maximum absolute atomic E-state index is 13.3. The third-order valence-corrected chi connectivity index (χ3v) is 7.64. The van der Waals surface area contributed by atoms with E-state index in [9.17, 15) is 18.4 Å². The molecule has 0 radical (unpaired) electrons. The highest BCUT2D eigenvalue weighted by atomic mass is 32.2. The predicted octanol–water partition coefficient (Wildman–Crippen LogP) is 5.76. The smallest absolute Gasteiger partial charge is 0.288 e. The lowest BCUT2D eigenvalue weighted by Crippen LogP contribution is -2.38. The average molecular weight is 520 g/mol. The number of hydrogen-bond donors (Lipinski definition) is 1. The molecular formula is C25H27F2N3O3S2. The minimum atomic E-state index is -2.49. The van der Waals surface area contributed by atoms with Gasteiger partial charge in [0.05, 0.1) is 18.3 Å². The number of ether oxygens (including phenoxy) is 1. The Kier molecular flexibility index (Phi) is 8.46. The van der Waals surface area contributed by atoms with Crippen LogP contribution in [-0.4, -0.2) is 52.1 Å². The van der Waals surface area contributed by atoms with Gasteiger partial charge in [-0.05, 0) is 62.6 Å². The average Bonchev–Trinajstić information content (AvgIpc) is 3.41. The van der Waals surface area contributed by atoms with Crippen LogP contribution in [0.2, 0.25) is 0 Å². The lowest BCUT2D eigenvalue weighted by atomic mass is 10.1. The Morgan fingerprint density at radius 3 is 2.69 bits per heavy atom. The number of nitrogens with zero attached hydrogens (tertiary/aromatic N) is 2. The lowest BCUT2D eigenvalue weighted by molar-refractivity contribution is -0.129. The number of aryl methyl sites for hydroxylation is 2. The zero-order valence-corrected chi connectivity index (χ0v) is 21.1. The Morgan fingerprint density at radius 1 is 1.26 bits per heavy atom. The molecule has 2 aliphatic rings. The first-order valence-corrected chi connectivity index (χ1v) is 13.1. The molecular weight excluding hydrogens is 492 g/mol. The molecule has 0 aromatic heterocycles. The summed E-state index contributed by atoms with van der Waals surface area (Å²) in [5.41, 5.74) is 3.34. The van der Waals surface area contributed by atoms with E-state index in [-0.39, 0.29) is 24.3 Å². The van der Waals surface area contributed by atoms with Crippen molar-refractivity contribution in [3.05, 3.63) is 53.6 Å². The molecule has 0 saturated carbocycles. The van der Waals surface area contributed by atoms with E-state index >= 15 is 0 Å². The Morgan fingerprint density at radius 2 is 2.03 bits per heavy atom. The van der Waals surface area contributed by atoms with Crippen molar-refractivity contribution in [2.45, 2.75) is 55.1 Å². The summed E-state index contributed by atoms with van der Waals surface area (Å²) in [6.07, 6.45) is 1.75. The molecule has 2 heterocycles. The van der Waals surface area contributed by atoms with Crippen LogP contribution in [-0.2, 0) is 14.3 Å². The third kappa shape index (κ3) is 6.83. The number of amides is 2. The summed E-state index contributed by atoms with van der Waals surface area (Å²) in [6.45, 7) is 4.95. The predicted molar refractivity (Wildman–Crippen MR) is 137 cm³/mol. The number of rotatable bonds is 8. The maximum Gasteiger partial charge on any atom is 0.288 e. The van der Waals surface area contributed by atoms with Gasteiger partial charge < -0.3 is 10.1 Å². The minimum absolute atomic E-state index is 0.0157. The van der Waals surface area contributed by atoms with Crippen molar-refractivity contribution in [1.29, 1.82) is 0 Å². The summed E-state index contributed by atoms with van der Waals surface area (Å²) in [6, 6.07) is 12.2. The molecule has 2 aromatic carbocycles. The van der Waals surface area contributed by atoms with Crippen LogP contribution >= 0.6 is 23.5 Å². The molecule has 0 spiro atoms. The van der Waals surface area contributed by atoms with Crippen molar-refractivity contribution in [3.63, 3.8) is 0 Å².